The zero-order valence-corrected chi connectivity index (χ0v) is 10.5. The number of hydrogen-bond acceptors (Lipinski definition) is 3. The van der Waals surface area contributed by atoms with Gasteiger partial charge >= 0.3 is 0 Å². The molecule has 0 aromatic rings. The van der Waals surface area contributed by atoms with Gasteiger partial charge < -0.3 is 9.47 Å². The molecule has 2 atom stereocenters. The highest BCUT2D eigenvalue weighted by atomic mass is 16.5. The Morgan fingerprint density at radius 2 is 2.35 bits per heavy atom. The third kappa shape index (κ3) is 2.40. The summed E-state index contributed by atoms with van der Waals surface area (Å²) in [5.74, 6) is 1.24. The highest BCUT2D eigenvalue weighted by molar-refractivity contribution is 5.28. The van der Waals surface area contributed by atoms with Gasteiger partial charge in [0, 0.05) is 25.6 Å². The largest absolute Gasteiger partial charge is 0.496 e. The number of hydrogen-bond donors (Lipinski definition) is 0. The molecule has 1 unspecified atom stereocenters. The molecule has 3 nitrogen and oxygen atoms in total. The van der Waals surface area contributed by atoms with Crippen LogP contribution in [0.15, 0.2) is 23.5 Å². The summed E-state index contributed by atoms with van der Waals surface area (Å²) in [5.41, 5.74) is 1.42. The maximum atomic E-state index is 5.93. The Kier molecular flexibility index (Phi) is 3.21. The standard InChI is InChI=1S/C14H21NO2/c1-11-9-15(6-7-16-11)13-8-12-4-2-3-5-14(12)17-10-13/h2,4,11,13H,3,5-10H2,1H3/t11-,13?/m1/s1. The highest BCUT2D eigenvalue weighted by Crippen LogP contribution is 2.30. The summed E-state index contributed by atoms with van der Waals surface area (Å²) in [7, 11) is 0. The maximum Gasteiger partial charge on any atom is 0.104 e. The summed E-state index contributed by atoms with van der Waals surface area (Å²) in [6, 6.07) is 0.544. The Bertz CT molecular complexity index is 348. The van der Waals surface area contributed by atoms with Crippen LogP contribution in [0.1, 0.15) is 26.2 Å². The molecule has 1 saturated heterocycles. The summed E-state index contributed by atoms with van der Waals surface area (Å²) in [4.78, 5) is 2.53. The highest BCUT2D eigenvalue weighted by Gasteiger charge is 2.29. The summed E-state index contributed by atoms with van der Waals surface area (Å²) in [6.07, 6.45) is 8.27. The second kappa shape index (κ2) is 4.83. The molecule has 1 fully saturated rings. The summed E-state index contributed by atoms with van der Waals surface area (Å²) < 4.78 is 11.5. The normalized spacial score (nSPS) is 34.4. The number of rotatable bonds is 1. The van der Waals surface area contributed by atoms with E-state index in [2.05, 4.69) is 24.0 Å². The van der Waals surface area contributed by atoms with Crippen LogP contribution in [0, 0.1) is 0 Å². The van der Waals surface area contributed by atoms with Crippen LogP contribution in [-0.2, 0) is 9.47 Å². The van der Waals surface area contributed by atoms with Gasteiger partial charge in [-0.3, -0.25) is 4.90 Å². The zero-order chi connectivity index (χ0) is 11.7. The van der Waals surface area contributed by atoms with Gasteiger partial charge in [-0.25, -0.2) is 0 Å². The van der Waals surface area contributed by atoms with Gasteiger partial charge in [0.25, 0.3) is 0 Å². The molecule has 3 aliphatic rings. The molecule has 17 heavy (non-hydrogen) atoms. The third-order valence-corrected chi connectivity index (χ3v) is 3.91. The van der Waals surface area contributed by atoms with Crippen molar-refractivity contribution in [2.45, 2.75) is 38.3 Å². The van der Waals surface area contributed by atoms with Crippen molar-refractivity contribution in [3.63, 3.8) is 0 Å². The fourth-order valence-electron chi connectivity index (χ4n) is 2.96. The second-order valence-corrected chi connectivity index (χ2v) is 5.23. The van der Waals surface area contributed by atoms with Crippen molar-refractivity contribution in [3.8, 4) is 0 Å². The average Bonchev–Trinajstić information content (AvgIpc) is 2.38. The fraction of sp³-hybridized carbons (Fsp3) is 0.714. The predicted molar refractivity (Wildman–Crippen MR) is 66.7 cm³/mol. The van der Waals surface area contributed by atoms with E-state index in [4.69, 9.17) is 9.47 Å². The first-order valence-electron chi connectivity index (χ1n) is 6.70. The van der Waals surface area contributed by atoms with E-state index in [-0.39, 0.29) is 0 Å². The number of morpholine rings is 1. The van der Waals surface area contributed by atoms with E-state index in [1.807, 2.05) is 0 Å². The Balaban J connectivity index is 1.66. The molecule has 0 saturated carbocycles. The summed E-state index contributed by atoms with van der Waals surface area (Å²) in [6.45, 7) is 5.96. The molecule has 0 aromatic carbocycles. The minimum absolute atomic E-state index is 0.362. The van der Waals surface area contributed by atoms with E-state index in [9.17, 15) is 0 Å². The van der Waals surface area contributed by atoms with Crippen molar-refractivity contribution in [3.05, 3.63) is 23.5 Å². The number of allylic oxidation sites excluding steroid dienone is 3. The van der Waals surface area contributed by atoms with Gasteiger partial charge in [0.15, 0.2) is 0 Å². The molecular weight excluding hydrogens is 214 g/mol. The van der Waals surface area contributed by atoms with E-state index in [1.165, 1.54) is 11.3 Å². The Labute approximate surface area is 103 Å². The Morgan fingerprint density at radius 1 is 1.41 bits per heavy atom. The van der Waals surface area contributed by atoms with Gasteiger partial charge in [0.1, 0.15) is 6.61 Å². The topological polar surface area (TPSA) is 21.7 Å². The fourth-order valence-corrected chi connectivity index (χ4v) is 2.96. The van der Waals surface area contributed by atoms with Gasteiger partial charge in [-0.15, -0.1) is 0 Å². The van der Waals surface area contributed by atoms with Crippen LogP contribution in [0.2, 0.25) is 0 Å². The zero-order valence-electron chi connectivity index (χ0n) is 10.5. The lowest BCUT2D eigenvalue weighted by Crippen LogP contribution is -2.49. The molecule has 0 N–H and O–H groups in total. The van der Waals surface area contributed by atoms with Gasteiger partial charge in [-0.1, -0.05) is 12.2 Å². The van der Waals surface area contributed by atoms with Crippen LogP contribution in [0.4, 0.5) is 0 Å². The van der Waals surface area contributed by atoms with Crippen molar-refractivity contribution in [1.29, 1.82) is 0 Å². The van der Waals surface area contributed by atoms with E-state index in [0.717, 1.165) is 45.6 Å². The third-order valence-electron chi connectivity index (χ3n) is 3.91. The summed E-state index contributed by atoms with van der Waals surface area (Å²) in [5, 5.41) is 0. The van der Waals surface area contributed by atoms with E-state index >= 15 is 0 Å². The first kappa shape index (κ1) is 11.3. The smallest absolute Gasteiger partial charge is 0.104 e. The Hall–Kier alpha value is -0.800. The van der Waals surface area contributed by atoms with Gasteiger partial charge in [0.05, 0.1) is 18.5 Å². The predicted octanol–water partition coefficient (Wildman–Crippen LogP) is 2.10. The van der Waals surface area contributed by atoms with Crippen molar-refractivity contribution < 1.29 is 9.47 Å². The molecule has 2 heterocycles. The van der Waals surface area contributed by atoms with E-state index < -0.39 is 0 Å². The lowest BCUT2D eigenvalue weighted by atomic mass is 9.95. The maximum absolute atomic E-state index is 5.93. The first-order chi connectivity index (χ1) is 8.33. The summed E-state index contributed by atoms with van der Waals surface area (Å²) >= 11 is 0. The van der Waals surface area contributed by atoms with E-state index in [1.54, 1.807) is 0 Å². The number of ether oxygens (including phenoxy) is 2. The molecular formula is C14H21NO2. The molecule has 0 aromatic heterocycles. The van der Waals surface area contributed by atoms with Crippen LogP contribution in [0.3, 0.4) is 0 Å². The van der Waals surface area contributed by atoms with Gasteiger partial charge in [-0.05, 0) is 25.3 Å². The van der Waals surface area contributed by atoms with Crippen molar-refractivity contribution in [2.75, 3.05) is 26.3 Å². The van der Waals surface area contributed by atoms with Gasteiger partial charge in [0.2, 0.25) is 0 Å². The van der Waals surface area contributed by atoms with Crippen LogP contribution >= 0.6 is 0 Å². The van der Waals surface area contributed by atoms with Crippen LogP contribution in [0.5, 0.6) is 0 Å². The first-order valence-corrected chi connectivity index (χ1v) is 6.70. The molecule has 0 radical (unpaired) electrons. The van der Waals surface area contributed by atoms with Crippen LogP contribution < -0.4 is 0 Å². The quantitative estimate of drug-likeness (QED) is 0.694. The molecule has 0 bridgehead atoms. The lowest BCUT2D eigenvalue weighted by Gasteiger charge is -2.40. The molecule has 3 rings (SSSR count). The second-order valence-electron chi connectivity index (χ2n) is 5.23. The minimum Gasteiger partial charge on any atom is -0.496 e. The average molecular weight is 235 g/mol. The molecule has 0 amide bonds. The minimum atomic E-state index is 0.362. The SMILES string of the molecule is C[C@@H]1CN(C2COC3=C(C=CCC3)C2)CCO1. The Morgan fingerprint density at radius 3 is 3.24 bits per heavy atom. The van der Waals surface area contributed by atoms with Crippen molar-refractivity contribution >= 4 is 0 Å². The lowest BCUT2D eigenvalue weighted by molar-refractivity contribution is -0.0481. The number of nitrogens with zero attached hydrogens (tertiary/aromatic N) is 1. The molecule has 1 aliphatic carbocycles. The van der Waals surface area contributed by atoms with E-state index in [0.29, 0.717) is 12.1 Å². The molecule has 2 aliphatic heterocycles. The monoisotopic (exact) mass is 235 g/mol. The molecule has 94 valence electrons. The van der Waals surface area contributed by atoms with Crippen LogP contribution in [-0.4, -0.2) is 43.3 Å². The molecule has 0 spiro atoms. The van der Waals surface area contributed by atoms with Crippen LogP contribution in [0.25, 0.3) is 0 Å². The van der Waals surface area contributed by atoms with Crippen molar-refractivity contribution in [2.24, 2.45) is 0 Å². The van der Waals surface area contributed by atoms with Crippen molar-refractivity contribution in [1.82, 2.24) is 4.90 Å². The molecule has 3 heteroatoms. The van der Waals surface area contributed by atoms with Gasteiger partial charge in [-0.2, -0.15) is 0 Å².